The fourth-order valence-electron chi connectivity index (χ4n) is 1.61. The van der Waals surface area contributed by atoms with Crippen LogP contribution in [0, 0.1) is 0 Å². The number of hydrogen-bond acceptors (Lipinski definition) is 2. The number of ether oxygens (including phenoxy) is 1. The summed E-state index contributed by atoms with van der Waals surface area (Å²) in [7, 11) is 0. The molecule has 0 radical (unpaired) electrons. The molecule has 3 heteroatoms. The van der Waals surface area contributed by atoms with E-state index in [9.17, 15) is 0 Å². The summed E-state index contributed by atoms with van der Waals surface area (Å²) in [5.41, 5.74) is 2.36. The maximum Gasteiger partial charge on any atom is 0.136 e. The van der Waals surface area contributed by atoms with Crippen LogP contribution < -0.4 is 0 Å². The quantitative estimate of drug-likeness (QED) is 0.654. The highest BCUT2D eigenvalue weighted by atomic mass is 16.5. The first kappa shape index (κ1) is 7.09. The predicted octanol–water partition coefficient (Wildman–Crippen LogP) is 1.45. The van der Waals surface area contributed by atoms with E-state index in [0.29, 0.717) is 5.92 Å². The Kier molecular flexibility index (Phi) is 1.40. The summed E-state index contributed by atoms with van der Waals surface area (Å²) in [6.45, 7) is 1.72. The minimum atomic E-state index is 0.585. The standard InChI is InChI=1S/C10H10N2O/c1-3-12-4-2-11-10(12)5-8(1)9-6-13-7-9/h1-5,9H,6-7H2. The second kappa shape index (κ2) is 2.57. The molecular formula is C10H10N2O. The zero-order valence-corrected chi connectivity index (χ0v) is 7.18. The van der Waals surface area contributed by atoms with Crippen molar-refractivity contribution in [3.63, 3.8) is 0 Å². The van der Waals surface area contributed by atoms with Crippen LogP contribution >= 0.6 is 0 Å². The van der Waals surface area contributed by atoms with Gasteiger partial charge in [-0.05, 0) is 17.7 Å². The van der Waals surface area contributed by atoms with Crippen molar-refractivity contribution in [2.45, 2.75) is 5.92 Å². The van der Waals surface area contributed by atoms with Gasteiger partial charge in [-0.2, -0.15) is 0 Å². The Morgan fingerprint density at radius 2 is 2.31 bits per heavy atom. The Labute approximate surface area is 76.0 Å². The lowest BCUT2D eigenvalue weighted by atomic mass is 9.99. The van der Waals surface area contributed by atoms with E-state index >= 15 is 0 Å². The highest BCUT2D eigenvalue weighted by Crippen LogP contribution is 2.24. The summed E-state index contributed by atoms with van der Waals surface area (Å²) in [5, 5.41) is 0. The minimum Gasteiger partial charge on any atom is -0.380 e. The van der Waals surface area contributed by atoms with Gasteiger partial charge in [-0.15, -0.1) is 0 Å². The number of imidazole rings is 1. The van der Waals surface area contributed by atoms with Gasteiger partial charge >= 0.3 is 0 Å². The number of hydrogen-bond donors (Lipinski definition) is 0. The lowest BCUT2D eigenvalue weighted by Crippen LogP contribution is -2.25. The molecule has 1 aliphatic heterocycles. The van der Waals surface area contributed by atoms with E-state index in [-0.39, 0.29) is 0 Å². The topological polar surface area (TPSA) is 26.5 Å². The average Bonchev–Trinajstić information content (AvgIpc) is 2.47. The Bertz CT molecular complexity index is 431. The van der Waals surface area contributed by atoms with E-state index in [2.05, 4.69) is 23.3 Å². The summed E-state index contributed by atoms with van der Waals surface area (Å²) in [6, 6.07) is 4.27. The molecule has 2 aromatic heterocycles. The maximum atomic E-state index is 5.16. The van der Waals surface area contributed by atoms with Crippen molar-refractivity contribution in [2.24, 2.45) is 0 Å². The lowest BCUT2D eigenvalue weighted by Gasteiger charge is -2.26. The zero-order chi connectivity index (χ0) is 8.67. The molecule has 0 N–H and O–H groups in total. The molecule has 0 unspecified atom stereocenters. The Morgan fingerprint density at radius 1 is 1.38 bits per heavy atom. The Balaban J connectivity index is 2.09. The smallest absolute Gasteiger partial charge is 0.136 e. The van der Waals surface area contributed by atoms with Crippen molar-refractivity contribution >= 4 is 5.65 Å². The van der Waals surface area contributed by atoms with Crippen LogP contribution in [0.1, 0.15) is 11.5 Å². The molecule has 3 heterocycles. The molecule has 0 bridgehead atoms. The lowest BCUT2D eigenvalue weighted by molar-refractivity contribution is 0.00843. The van der Waals surface area contributed by atoms with E-state index in [1.54, 1.807) is 0 Å². The normalized spacial score (nSPS) is 17.5. The molecule has 2 aromatic rings. The van der Waals surface area contributed by atoms with E-state index in [0.717, 1.165) is 18.9 Å². The van der Waals surface area contributed by atoms with Crippen molar-refractivity contribution in [2.75, 3.05) is 13.2 Å². The van der Waals surface area contributed by atoms with Gasteiger partial charge in [-0.25, -0.2) is 4.98 Å². The number of fused-ring (bicyclic) bond motifs is 1. The predicted molar refractivity (Wildman–Crippen MR) is 48.8 cm³/mol. The first-order valence-electron chi connectivity index (χ1n) is 4.44. The monoisotopic (exact) mass is 174 g/mol. The van der Waals surface area contributed by atoms with Crippen LogP contribution in [0.25, 0.3) is 5.65 Å². The molecule has 0 atom stereocenters. The number of pyridine rings is 1. The molecule has 13 heavy (non-hydrogen) atoms. The van der Waals surface area contributed by atoms with E-state index in [1.807, 2.05) is 16.8 Å². The third-order valence-electron chi connectivity index (χ3n) is 2.53. The van der Waals surface area contributed by atoms with Crippen molar-refractivity contribution < 1.29 is 4.74 Å². The number of rotatable bonds is 1. The number of nitrogens with zero attached hydrogens (tertiary/aromatic N) is 2. The van der Waals surface area contributed by atoms with Crippen LogP contribution in [0.4, 0.5) is 0 Å². The second-order valence-corrected chi connectivity index (χ2v) is 3.39. The first-order valence-corrected chi connectivity index (χ1v) is 4.44. The second-order valence-electron chi connectivity index (χ2n) is 3.39. The SMILES string of the molecule is c1cn2ccc(C3COC3)cc2n1. The van der Waals surface area contributed by atoms with Crippen molar-refractivity contribution in [3.05, 3.63) is 36.3 Å². The third-order valence-corrected chi connectivity index (χ3v) is 2.53. The van der Waals surface area contributed by atoms with E-state index in [4.69, 9.17) is 4.74 Å². The highest BCUT2D eigenvalue weighted by molar-refractivity contribution is 5.42. The van der Waals surface area contributed by atoms with Gasteiger partial charge in [0.2, 0.25) is 0 Å². The summed E-state index contributed by atoms with van der Waals surface area (Å²) < 4.78 is 7.17. The van der Waals surface area contributed by atoms with Crippen LogP contribution in [0.5, 0.6) is 0 Å². The largest absolute Gasteiger partial charge is 0.380 e. The van der Waals surface area contributed by atoms with Gasteiger partial charge in [-0.3, -0.25) is 0 Å². The van der Waals surface area contributed by atoms with E-state index < -0.39 is 0 Å². The van der Waals surface area contributed by atoms with Crippen LogP contribution in [0.15, 0.2) is 30.7 Å². The van der Waals surface area contributed by atoms with Gasteiger partial charge in [0.25, 0.3) is 0 Å². The van der Waals surface area contributed by atoms with Crippen LogP contribution in [0.2, 0.25) is 0 Å². The van der Waals surface area contributed by atoms with E-state index in [1.165, 1.54) is 5.56 Å². The molecule has 3 rings (SSSR count). The molecule has 1 aliphatic rings. The van der Waals surface area contributed by atoms with Gasteiger partial charge in [0.05, 0.1) is 13.2 Å². The molecule has 1 saturated heterocycles. The van der Waals surface area contributed by atoms with Gasteiger partial charge in [0.1, 0.15) is 5.65 Å². The molecule has 66 valence electrons. The molecule has 0 saturated carbocycles. The van der Waals surface area contributed by atoms with Crippen molar-refractivity contribution in [1.82, 2.24) is 9.38 Å². The Hall–Kier alpha value is -1.35. The number of aromatic nitrogens is 2. The van der Waals surface area contributed by atoms with Crippen LogP contribution in [0.3, 0.4) is 0 Å². The molecule has 0 amide bonds. The zero-order valence-electron chi connectivity index (χ0n) is 7.18. The fraction of sp³-hybridized carbons (Fsp3) is 0.300. The Morgan fingerprint density at radius 3 is 3.08 bits per heavy atom. The van der Waals surface area contributed by atoms with Gasteiger partial charge < -0.3 is 9.14 Å². The molecule has 3 nitrogen and oxygen atoms in total. The maximum absolute atomic E-state index is 5.16. The highest BCUT2D eigenvalue weighted by Gasteiger charge is 2.20. The first-order chi connectivity index (χ1) is 6.43. The molecular weight excluding hydrogens is 164 g/mol. The van der Waals surface area contributed by atoms with Crippen LogP contribution in [-0.2, 0) is 4.74 Å². The van der Waals surface area contributed by atoms with Crippen molar-refractivity contribution in [3.8, 4) is 0 Å². The molecule has 0 spiro atoms. The van der Waals surface area contributed by atoms with Crippen molar-refractivity contribution in [1.29, 1.82) is 0 Å². The molecule has 0 aliphatic carbocycles. The molecule has 1 fully saturated rings. The van der Waals surface area contributed by atoms with Gasteiger partial charge in [0.15, 0.2) is 0 Å². The summed E-state index contributed by atoms with van der Waals surface area (Å²) in [6.07, 6.45) is 5.82. The fourth-order valence-corrected chi connectivity index (χ4v) is 1.61. The molecule has 0 aromatic carbocycles. The third kappa shape index (κ3) is 1.04. The average molecular weight is 174 g/mol. The van der Waals surface area contributed by atoms with Crippen LogP contribution in [-0.4, -0.2) is 22.6 Å². The summed E-state index contributed by atoms with van der Waals surface area (Å²) >= 11 is 0. The summed E-state index contributed by atoms with van der Waals surface area (Å²) in [5.74, 6) is 0.585. The van der Waals surface area contributed by atoms with Gasteiger partial charge in [-0.1, -0.05) is 0 Å². The summed E-state index contributed by atoms with van der Waals surface area (Å²) in [4.78, 5) is 4.24. The minimum absolute atomic E-state index is 0.585. The van der Waals surface area contributed by atoms with Gasteiger partial charge in [0, 0.05) is 24.5 Å².